The molecule has 0 aromatic heterocycles. The number of primary amides is 1. The number of rotatable bonds is 6. The molecule has 0 atom stereocenters. The van der Waals surface area contributed by atoms with E-state index in [1.807, 2.05) is 0 Å². The van der Waals surface area contributed by atoms with Gasteiger partial charge in [-0.25, -0.2) is 0 Å². The van der Waals surface area contributed by atoms with Gasteiger partial charge in [-0.15, -0.1) is 0 Å². The highest BCUT2D eigenvalue weighted by molar-refractivity contribution is 6.31. The Kier molecular flexibility index (Phi) is 4.99. The minimum Gasteiger partial charge on any atom is -0.378 e. The molecule has 0 bridgehead atoms. The predicted molar refractivity (Wildman–Crippen MR) is 76.0 cm³/mol. The van der Waals surface area contributed by atoms with Crippen LogP contribution in [0.2, 0.25) is 5.02 Å². The number of carbonyl (C=O) groups is 1. The SMILES string of the molecule is CCC(CC)(CN)Nc1ccc(Cl)cc1C(N)=O. The minimum absolute atomic E-state index is 0.224. The van der Waals surface area contributed by atoms with Crippen LogP contribution in [0.1, 0.15) is 37.0 Å². The van der Waals surface area contributed by atoms with Crippen molar-refractivity contribution in [2.45, 2.75) is 32.2 Å². The molecule has 0 spiro atoms. The van der Waals surface area contributed by atoms with Gasteiger partial charge in [-0.3, -0.25) is 4.79 Å². The summed E-state index contributed by atoms with van der Waals surface area (Å²) in [7, 11) is 0. The number of halogens is 1. The van der Waals surface area contributed by atoms with Crippen molar-refractivity contribution >= 4 is 23.2 Å². The van der Waals surface area contributed by atoms with E-state index in [1.54, 1.807) is 18.2 Å². The van der Waals surface area contributed by atoms with E-state index in [1.165, 1.54) is 0 Å². The van der Waals surface area contributed by atoms with Crippen LogP contribution >= 0.6 is 11.6 Å². The molecular formula is C13H20ClN3O. The topological polar surface area (TPSA) is 81.1 Å². The first kappa shape index (κ1) is 14.8. The predicted octanol–water partition coefficient (Wildman–Crippen LogP) is 2.37. The van der Waals surface area contributed by atoms with Crippen LogP contribution in [-0.2, 0) is 0 Å². The molecule has 100 valence electrons. The van der Waals surface area contributed by atoms with Crippen LogP contribution in [0.25, 0.3) is 0 Å². The summed E-state index contributed by atoms with van der Waals surface area (Å²) in [5.41, 5.74) is 12.0. The Labute approximate surface area is 113 Å². The van der Waals surface area contributed by atoms with Crippen molar-refractivity contribution in [1.82, 2.24) is 0 Å². The third kappa shape index (κ3) is 3.15. The summed E-state index contributed by atoms with van der Waals surface area (Å²) in [4.78, 5) is 11.4. The smallest absolute Gasteiger partial charge is 0.250 e. The highest BCUT2D eigenvalue weighted by Gasteiger charge is 2.25. The van der Waals surface area contributed by atoms with E-state index in [2.05, 4.69) is 19.2 Å². The number of benzene rings is 1. The molecular weight excluding hydrogens is 250 g/mol. The summed E-state index contributed by atoms with van der Waals surface area (Å²) in [5.74, 6) is -0.502. The number of nitrogens with one attached hydrogen (secondary N) is 1. The Hall–Kier alpha value is -1.26. The van der Waals surface area contributed by atoms with Gasteiger partial charge < -0.3 is 16.8 Å². The minimum atomic E-state index is -0.502. The molecule has 4 nitrogen and oxygen atoms in total. The Morgan fingerprint density at radius 2 is 2.00 bits per heavy atom. The lowest BCUT2D eigenvalue weighted by Crippen LogP contribution is -2.44. The van der Waals surface area contributed by atoms with E-state index in [-0.39, 0.29) is 5.54 Å². The summed E-state index contributed by atoms with van der Waals surface area (Å²) in [6.07, 6.45) is 1.72. The van der Waals surface area contributed by atoms with E-state index >= 15 is 0 Å². The van der Waals surface area contributed by atoms with Crippen molar-refractivity contribution in [2.24, 2.45) is 11.5 Å². The highest BCUT2D eigenvalue weighted by Crippen LogP contribution is 2.26. The average Bonchev–Trinajstić information content (AvgIpc) is 2.37. The molecule has 1 amide bonds. The second-order valence-electron chi connectivity index (χ2n) is 4.37. The fourth-order valence-corrected chi connectivity index (χ4v) is 2.05. The third-order valence-corrected chi connectivity index (χ3v) is 3.63. The second-order valence-corrected chi connectivity index (χ2v) is 4.81. The van der Waals surface area contributed by atoms with E-state index in [4.69, 9.17) is 23.1 Å². The van der Waals surface area contributed by atoms with Crippen molar-refractivity contribution in [3.8, 4) is 0 Å². The van der Waals surface area contributed by atoms with Gasteiger partial charge in [0.05, 0.1) is 5.56 Å². The van der Waals surface area contributed by atoms with Gasteiger partial charge in [0, 0.05) is 22.8 Å². The van der Waals surface area contributed by atoms with Crippen LogP contribution in [0.5, 0.6) is 0 Å². The molecule has 0 heterocycles. The van der Waals surface area contributed by atoms with Gasteiger partial charge in [0.2, 0.25) is 0 Å². The summed E-state index contributed by atoms with van der Waals surface area (Å²) in [6.45, 7) is 4.60. The normalized spacial score (nSPS) is 11.3. The lowest BCUT2D eigenvalue weighted by atomic mass is 9.92. The third-order valence-electron chi connectivity index (χ3n) is 3.39. The standard InChI is InChI=1S/C13H20ClN3O/c1-3-13(4-2,8-15)17-11-6-5-9(14)7-10(11)12(16)18/h5-7,17H,3-4,8,15H2,1-2H3,(H2,16,18). The van der Waals surface area contributed by atoms with Gasteiger partial charge >= 0.3 is 0 Å². The lowest BCUT2D eigenvalue weighted by molar-refractivity contribution is 0.100. The molecule has 0 radical (unpaired) electrons. The van der Waals surface area contributed by atoms with Crippen LogP contribution in [0, 0.1) is 0 Å². The maximum atomic E-state index is 11.4. The molecule has 0 aliphatic carbocycles. The van der Waals surface area contributed by atoms with Crippen LogP contribution in [0.15, 0.2) is 18.2 Å². The molecule has 1 aromatic rings. The summed E-state index contributed by atoms with van der Waals surface area (Å²) in [5, 5.41) is 3.82. The van der Waals surface area contributed by atoms with Crippen molar-refractivity contribution < 1.29 is 4.79 Å². The number of amides is 1. The Balaban J connectivity index is 3.13. The molecule has 0 aliphatic heterocycles. The van der Waals surface area contributed by atoms with E-state index in [9.17, 15) is 4.79 Å². The molecule has 0 saturated heterocycles. The number of anilines is 1. The monoisotopic (exact) mass is 269 g/mol. The fourth-order valence-electron chi connectivity index (χ4n) is 1.88. The first-order valence-electron chi connectivity index (χ1n) is 6.05. The summed E-state index contributed by atoms with van der Waals surface area (Å²) >= 11 is 5.87. The fraction of sp³-hybridized carbons (Fsp3) is 0.462. The number of carbonyl (C=O) groups excluding carboxylic acids is 1. The summed E-state index contributed by atoms with van der Waals surface area (Å²) < 4.78 is 0. The van der Waals surface area contributed by atoms with Crippen LogP contribution in [0.3, 0.4) is 0 Å². The van der Waals surface area contributed by atoms with Crippen molar-refractivity contribution in [1.29, 1.82) is 0 Å². The number of nitrogens with two attached hydrogens (primary N) is 2. The first-order valence-corrected chi connectivity index (χ1v) is 6.43. The maximum absolute atomic E-state index is 11.4. The van der Waals surface area contributed by atoms with E-state index in [0.29, 0.717) is 22.8 Å². The first-order chi connectivity index (χ1) is 8.48. The zero-order chi connectivity index (χ0) is 13.8. The Bertz CT molecular complexity index is 422. The number of hydrogen-bond acceptors (Lipinski definition) is 3. The van der Waals surface area contributed by atoms with Crippen LogP contribution in [0.4, 0.5) is 5.69 Å². The molecule has 18 heavy (non-hydrogen) atoms. The van der Waals surface area contributed by atoms with E-state index in [0.717, 1.165) is 12.8 Å². The maximum Gasteiger partial charge on any atom is 0.250 e. The molecule has 5 N–H and O–H groups in total. The quantitative estimate of drug-likeness (QED) is 0.742. The molecule has 1 aromatic carbocycles. The molecule has 5 heteroatoms. The summed E-state index contributed by atoms with van der Waals surface area (Å²) in [6, 6.07) is 5.06. The highest BCUT2D eigenvalue weighted by atomic mass is 35.5. The zero-order valence-corrected chi connectivity index (χ0v) is 11.6. The van der Waals surface area contributed by atoms with Crippen molar-refractivity contribution in [2.75, 3.05) is 11.9 Å². The lowest BCUT2D eigenvalue weighted by Gasteiger charge is -2.33. The van der Waals surface area contributed by atoms with Crippen molar-refractivity contribution in [3.63, 3.8) is 0 Å². The van der Waals surface area contributed by atoms with Gasteiger partial charge in [-0.1, -0.05) is 25.4 Å². The van der Waals surface area contributed by atoms with Gasteiger partial charge in [0.15, 0.2) is 0 Å². The van der Waals surface area contributed by atoms with Crippen LogP contribution < -0.4 is 16.8 Å². The Morgan fingerprint density at radius 3 is 2.44 bits per heavy atom. The molecule has 0 aliphatic rings. The van der Waals surface area contributed by atoms with Crippen molar-refractivity contribution in [3.05, 3.63) is 28.8 Å². The second kappa shape index (κ2) is 6.07. The average molecular weight is 270 g/mol. The van der Waals surface area contributed by atoms with Gasteiger partial charge in [0.25, 0.3) is 5.91 Å². The number of hydrogen-bond donors (Lipinski definition) is 3. The zero-order valence-electron chi connectivity index (χ0n) is 10.8. The molecule has 0 saturated carbocycles. The van der Waals surface area contributed by atoms with Gasteiger partial charge in [-0.2, -0.15) is 0 Å². The Morgan fingerprint density at radius 1 is 1.39 bits per heavy atom. The molecule has 0 unspecified atom stereocenters. The molecule has 1 rings (SSSR count). The van der Waals surface area contributed by atoms with Gasteiger partial charge in [-0.05, 0) is 31.0 Å². The van der Waals surface area contributed by atoms with Gasteiger partial charge in [0.1, 0.15) is 0 Å². The molecule has 0 fully saturated rings. The largest absolute Gasteiger partial charge is 0.378 e. The van der Waals surface area contributed by atoms with Crippen LogP contribution in [-0.4, -0.2) is 18.0 Å². The van der Waals surface area contributed by atoms with E-state index < -0.39 is 5.91 Å².